The van der Waals surface area contributed by atoms with Crippen LogP contribution in [0.2, 0.25) is 0 Å². The normalized spacial score (nSPS) is 10.8. The number of aromatic nitrogens is 2. The van der Waals surface area contributed by atoms with Crippen LogP contribution < -0.4 is 10.5 Å². The highest BCUT2D eigenvalue weighted by Gasteiger charge is 2.06. The summed E-state index contributed by atoms with van der Waals surface area (Å²) in [6.45, 7) is 0.689. The SMILES string of the molecule is COc1cccc2[nH]c(CCCN)nc12. The molecule has 80 valence electrons. The highest BCUT2D eigenvalue weighted by atomic mass is 16.5. The zero-order chi connectivity index (χ0) is 10.7. The van der Waals surface area contributed by atoms with Crippen molar-refractivity contribution in [1.82, 2.24) is 9.97 Å². The number of nitrogens with zero attached hydrogens (tertiary/aromatic N) is 1. The summed E-state index contributed by atoms with van der Waals surface area (Å²) in [5.74, 6) is 1.78. The first-order valence-electron chi connectivity index (χ1n) is 5.07. The molecule has 0 bridgehead atoms. The molecule has 2 rings (SSSR count). The lowest BCUT2D eigenvalue weighted by Gasteiger charge is -1.97. The van der Waals surface area contributed by atoms with E-state index in [1.54, 1.807) is 7.11 Å². The zero-order valence-electron chi connectivity index (χ0n) is 8.79. The van der Waals surface area contributed by atoms with Gasteiger partial charge in [0.25, 0.3) is 0 Å². The maximum Gasteiger partial charge on any atom is 0.146 e. The van der Waals surface area contributed by atoms with Gasteiger partial charge in [-0.25, -0.2) is 4.98 Å². The number of nitrogens with one attached hydrogen (secondary N) is 1. The lowest BCUT2D eigenvalue weighted by atomic mass is 10.3. The van der Waals surface area contributed by atoms with Gasteiger partial charge in [-0.2, -0.15) is 0 Å². The number of ether oxygens (including phenoxy) is 1. The Morgan fingerprint density at radius 2 is 2.33 bits per heavy atom. The number of hydrogen-bond acceptors (Lipinski definition) is 3. The molecule has 15 heavy (non-hydrogen) atoms. The number of H-pyrrole nitrogens is 1. The third kappa shape index (κ3) is 1.94. The Labute approximate surface area is 88.5 Å². The molecule has 1 aromatic heterocycles. The van der Waals surface area contributed by atoms with Crippen molar-refractivity contribution in [1.29, 1.82) is 0 Å². The number of aryl methyl sites for hydroxylation is 1. The summed E-state index contributed by atoms with van der Waals surface area (Å²) < 4.78 is 5.24. The smallest absolute Gasteiger partial charge is 0.146 e. The van der Waals surface area contributed by atoms with Gasteiger partial charge in [0.05, 0.1) is 12.6 Å². The van der Waals surface area contributed by atoms with Gasteiger partial charge >= 0.3 is 0 Å². The fourth-order valence-corrected chi connectivity index (χ4v) is 1.61. The molecule has 3 N–H and O–H groups in total. The molecule has 0 aliphatic carbocycles. The highest BCUT2D eigenvalue weighted by Crippen LogP contribution is 2.23. The van der Waals surface area contributed by atoms with Gasteiger partial charge < -0.3 is 15.5 Å². The number of para-hydroxylation sites is 1. The van der Waals surface area contributed by atoms with Crippen LogP contribution in [-0.2, 0) is 6.42 Å². The molecule has 0 aliphatic heterocycles. The molecule has 0 aliphatic rings. The van der Waals surface area contributed by atoms with Gasteiger partial charge in [-0.15, -0.1) is 0 Å². The van der Waals surface area contributed by atoms with E-state index in [4.69, 9.17) is 10.5 Å². The average Bonchev–Trinajstić information content (AvgIpc) is 2.68. The van der Waals surface area contributed by atoms with Crippen molar-refractivity contribution in [3.8, 4) is 5.75 Å². The molecule has 0 spiro atoms. The molecule has 0 fully saturated rings. The van der Waals surface area contributed by atoms with Crippen molar-refractivity contribution in [2.45, 2.75) is 12.8 Å². The molecule has 0 unspecified atom stereocenters. The molecule has 2 aromatic rings. The predicted octanol–water partition coefficient (Wildman–Crippen LogP) is 1.46. The molecule has 0 amide bonds. The lowest BCUT2D eigenvalue weighted by Crippen LogP contribution is -2.01. The number of hydrogen-bond donors (Lipinski definition) is 2. The molecule has 4 heteroatoms. The molecular weight excluding hydrogens is 190 g/mol. The first kappa shape index (κ1) is 9.98. The van der Waals surface area contributed by atoms with Crippen molar-refractivity contribution >= 4 is 11.0 Å². The standard InChI is InChI=1S/C11H15N3O/c1-15-9-5-2-4-8-11(9)14-10(13-8)6-3-7-12/h2,4-5H,3,6-7,12H2,1H3,(H,13,14). The number of fused-ring (bicyclic) bond motifs is 1. The lowest BCUT2D eigenvalue weighted by molar-refractivity contribution is 0.419. The fraction of sp³-hybridized carbons (Fsp3) is 0.364. The molecule has 0 atom stereocenters. The summed E-state index contributed by atoms with van der Waals surface area (Å²) in [4.78, 5) is 7.74. The number of methoxy groups -OCH3 is 1. The average molecular weight is 205 g/mol. The van der Waals surface area contributed by atoms with E-state index in [-0.39, 0.29) is 0 Å². The second-order valence-electron chi connectivity index (χ2n) is 3.43. The number of aromatic amines is 1. The van der Waals surface area contributed by atoms with E-state index in [2.05, 4.69) is 9.97 Å². The van der Waals surface area contributed by atoms with Crippen molar-refractivity contribution in [3.63, 3.8) is 0 Å². The van der Waals surface area contributed by atoms with Crippen LogP contribution in [0.15, 0.2) is 18.2 Å². The van der Waals surface area contributed by atoms with Gasteiger partial charge in [0.15, 0.2) is 0 Å². The van der Waals surface area contributed by atoms with Crippen LogP contribution in [0.1, 0.15) is 12.2 Å². The van der Waals surface area contributed by atoms with Crippen molar-refractivity contribution in [2.75, 3.05) is 13.7 Å². The van der Waals surface area contributed by atoms with Crippen molar-refractivity contribution in [3.05, 3.63) is 24.0 Å². The van der Waals surface area contributed by atoms with Crippen LogP contribution in [0.3, 0.4) is 0 Å². The molecule has 0 saturated heterocycles. The van der Waals surface area contributed by atoms with E-state index in [9.17, 15) is 0 Å². The molecule has 0 radical (unpaired) electrons. The van der Waals surface area contributed by atoms with Crippen LogP contribution in [-0.4, -0.2) is 23.6 Å². The zero-order valence-corrected chi connectivity index (χ0v) is 8.79. The van der Waals surface area contributed by atoms with Gasteiger partial charge in [-0.05, 0) is 25.1 Å². The van der Waals surface area contributed by atoms with Gasteiger partial charge in [-0.3, -0.25) is 0 Å². The minimum atomic E-state index is 0.689. The Morgan fingerprint density at radius 3 is 3.07 bits per heavy atom. The van der Waals surface area contributed by atoms with E-state index < -0.39 is 0 Å². The third-order valence-corrected chi connectivity index (χ3v) is 2.36. The minimum Gasteiger partial charge on any atom is -0.494 e. The van der Waals surface area contributed by atoms with E-state index in [1.165, 1.54) is 0 Å². The van der Waals surface area contributed by atoms with Crippen LogP contribution >= 0.6 is 0 Å². The molecule has 1 aromatic carbocycles. The molecular formula is C11H15N3O. The Balaban J connectivity index is 2.37. The highest BCUT2D eigenvalue weighted by molar-refractivity contribution is 5.81. The van der Waals surface area contributed by atoms with E-state index in [1.807, 2.05) is 18.2 Å². The molecule has 4 nitrogen and oxygen atoms in total. The second kappa shape index (κ2) is 4.31. The van der Waals surface area contributed by atoms with Crippen LogP contribution in [0.25, 0.3) is 11.0 Å². The minimum absolute atomic E-state index is 0.689. The summed E-state index contributed by atoms with van der Waals surface area (Å²) in [7, 11) is 1.66. The fourth-order valence-electron chi connectivity index (χ4n) is 1.61. The van der Waals surface area contributed by atoms with Crippen LogP contribution in [0.4, 0.5) is 0 Å². The maximum absolute atomic E-state index is 5.46. The van der Waals surface area contributed by atoms with E-state index >= 15 is 0 Å². The second-order valence-corrected chi connectivity index (χ2v) is 3.43. The summed E-state index contributed by atoms with van der Waals surface area (Å²) in [5.41, 5.74) is 7.37. The maximum atomic E-state index is 5.46. The summed E-state index contributed by atoms with van der Waals surface area (Å²) >= 11 is 0. The van der Waals surface area contributed by atoms with Gasteiger partial charge in [0.1, 0.15) is 17.1 Å². The van der Waals surface area contributed by atoms with Gasteiger partial charge in [-0.1, -0.05) is 6.07 Å². The number of benzene rings is 1. The Kier molecular flexibility index (Phi) is 2.87. The molecule has 1 heterocycles. The topological polar surface area (TPSA) is 63.9 Å². The van der Waals surface area contributed by atoms with Gasteiger partial charge in [0, 0.05) is 6.42 Å². The van der Waals surface area contributed by atoms with Crippen LogP contribution in [0.5, 0.6) is 5.75 Å². The quantitative estimate of drug-likeness (QED) is 0.794. The summed E-state index contributed by atoms with van der Waals surface area (Å²) in [6, 6.07) is 5.86. The third-order valence-electron chi connectivity index (χ3n) is 2.36. The van der Waals surface area contributed by atoms with Crippen molar-refractivity contribution in [2.24, 2.45) is 5.73 Å². The summed E-state index contributed by atoms with van der Waals surface area (Å²) in [6.07, 6.45) is 1.83. The molecule has 0 saturated carbocycles. The van der Waals surface area contributed by atoms with Crippen LogP contribution in [0, 0.1) is 0 Å². The Morgan fingerprint density at radius 1 is 1.47 bits per heavy atom. The summed E-state index contributed by atoms with van der Waals surface area (Å²) in [5, 5.41) is 0. The first-order chi connectivity index (χ1) is 7.35. The number of nitrogens with two attached hydrogens (primary N) is 1. The Hall–Kier alpha value is -1.55. The predicted molar refractivity (Wildman–Crippen MR) is 60.0 cm³/mol. The Bertz CT molecular complexity index is 450. The van der Waals surface area contributed by atoms with E-state index in [0.717, 1.165) is 35.4 Å². The first-order valence-corrected chi connectivity index (χ1v) is 5.07. The number of imidazole rings is 1. The monoisotopic (exact) mass is 205 g/mol. The van der Waals surface area contributed by atoms with E-state index in [0.29, 0.717) is 6.54 Å². The van der Waals surface area contributed by atoms with Gasteiger partial charge in [0.2, 0.25) is 0 Å². The number of rotatable bonds is 4. The largest absolute Gasteiger partial charge is 0.494 e. The van der Waals surface area contributed by atoms with Crippen molar-refractivity contribution < 1.29 is 4.74 Å².